The van der Waals surface area contributed by atoms with E-state index in [-0.39, 0.29) is 11.8 Å². The van der Waals surface area contributed by atoms with E-state index in [0.717, 1.165) is 17.0 Å². The Morgan fingerprint density at radius 1 is 1.33 bits per heavy atom. The maximum Gasteiger partial charge on any atom is 0.256 e. The Hall–Kier alpha value is -1.71. The fourth-order valence-corrected chi connectivity index (χ4v) is 2.62. The summed E-state index contributed by atoms with van der Waals surface area (Å²) in [6, 6.07) is 9.67. The number of hydrogen-bond donors (Lipinski definition) is 0. The lowest BCUT2D eigenvalue weighted by Crippen LogP contribution is -2.29. The molecule has 1 amide bonds. The molecule has 1 aromatic carbocycles. The molecule has 1 heterocycles. The number of nitrogens with zero attached hydrogens (tertiary/aromatic N) is 2. The molecule has 0 N–H and O–H groups in total. The van der Waals surface area contributed by atoms with Gasteiger partial charge in [-0.15, -0.1) is 4.91 Å². The number of nitroso groups, excluding NO2 is 1. The molecule has 1 aromatic rings. The van der Waals surface area contributed by atoms with Crippen LogP contribution in [0.3, 0.4) is 0 Å². The second-order valence-electron chi connectivity index (χ2n) is 4.21. The summed E-state index contributed by atoms with van der Waals surface area (Å²) in [5.74, 6) is 0.152. The van der Waals surface area contributed by atoms with Crippen LogP contribution < -0.4 is 0 Å². The van der Waals surface area contributed by atoms with Crippen LogP contribution in [0, 0.1) is 10.8 Å². The molecule has 76 valence electrons. The summed E-state index contributed by atoms with van der Waals surface area (Å²) >= 11 is 0. The smallest absolute Gasteiger partial charge is 0.256 e. The van der Waals surface area contributed by atoms with Gasteiger partial charge in [0, 0.05) is 0 Å². The lowest BCUT2D eigenvalue weighted by atomic mass is 9.94. The highest BCUT2D eigenvalue weighted by molar-refractivity contribution is 5.94. The molecule has 3 rings (SSSR count). The zero-order valence-corrected chi connectivity index (χ0v) is 8.09. The van der Waals surface area contributed by atoms with Crippen molar-refractivity contribution in [1.82, 2.24) is 5.01 Å². The molecule has 15 heavy (non-hydrogen) atoms. The number of benzene rings is 1. The van der Waals surface area contributed by atoms with Crippen LogP contribution in [0.2, 0.25) is 0 Å². The monoisotopic (exact) mass is 202 g/mol. The van der Waals surface area contributed by atoms with E-state index in [1.54, 1.807) is 0 Å². The lowest BCUT2D eigenvalue weighted by Gasteiger charge is -2.13. The standard InChI is InChI=1S/C11H10N2O2/c14-10-11(8-4-2-1-3-5-8)6-9(11)7-13(10)12-15/h1-5,9H,6-7H2/t9-,11+/m0/s1. The number of carbonyl (C=O) groups excluding carboxylic acids is 1. The van der Waals surface area contributed by atoms with Gasteiger partial charge in [-0.3, -0.25) is 4.79 Å². The fraction of sp³-hybridized carbons (Fsp3) is 0.364. The summed E-state index contributed by atoms with van der Waals surface area (Å²) in [7, 11) is 0. The van der Waals surface area contributed by atoms with E-state index in [4.69, 9.17) is 0 Å². The Bertz CT molecular complexity index is 431. The number of piperidine rings is 1. The maximum absolute atomic E-state index is 11.9. The average Bonchev–Trinajstić information content (AvgIpc) is 2.95. The molecule has 2 aliphatic rings. The van der Waals surface area contributed by atoms with E-state index in [1.807, 2.05) is 30.3 Å². The van der Waals surface area contributed by atoms with E-state index in [1.165, 1.54) is 0 Å². The molecule has 0 radical (unpaired) electrons. The molecule has 0 bridgehead atoms. The SMILES string of the molecule is O=NN1C[C@@H]2C[C@]2(c2ccccc2)C1=O. The minimum Gasteiger partial charge on any atom is -0.272 e. The first kappa shape index (κ1) is 8.59. The van der Waals surface area contributed by atoms with Crippen molar-refractivity contribution in [1.29, 1.82) is 0 Å². The molecule has 1 aliphatic heterocycles. The first-order valence-electron chi connectivity index (χ1n) is 5.00. The first-order valence-corrected chi connectivity index (χ1v) is 5.00. The number of rotatable bonds is 2. The molecule has 2 atom stereocenters. The molecule has 0 aromatic heterocycles. The van der Waals surface area contributed by atoms with E-state index in [9.17, 15) is 9.70 Å². The summed E-state index contributed by atoms with van der Waals surface area (Å²) in [5, 5.41) is 3.81. The highest BCUT2D eigenvalue weighted by Gasteiger charge is 2.68. The molecule has 1 saturated carbocycles. The largest absolute Gasteiger partial charge is 0.272 e. The van der Waals surface area contributed by atoms with Gasteiger partial charge in [0.05, 0.1) is 17.2 Å². The summed E-state index contributed by atoms with van der Waals surface area (Å²) in [6.07, 6.45) is 0.863. The van der Waals surface area contributed by atoms with Crippen molar-refractivity contribution in [3.63, 3.8) is 0 Å². The third-order valence-electron chi connectivity index (χ3n) is 3.50. The Kier molecular flexibility index (Phi) is 1.52. The molecular weight excluding hydrogens is 192 g/mol. The lowest BCUT2D eigenvalue weighted by molar-refractivity contribution is -0.131. The van der Waals surface area contributed by atoms with Crippen molar-refractivity contribution in [3.05, 3.63) is 40.8 Å². The van der Waals surface area contributed by atoms with Gasteiger partial charge in [0.25, 0.3) is 5.91 Å². The molecule has 0 spiro atoms. The van der Waals surface area contributed by atoms with Gasteiger partial charge in [-0.25, -0.2) is 0 Å². The number of fused-ring (bicyclic) bond motifs is 1. The third kappa shape index (κ3) is 0.936. The fourth-order valence-electron chi connectivity index (χ4n) is 2.62. The Labute approximate surface area is 86.8 Å². The second-order valence-corrected chi connectivity index (χ2v) is 4.21. The molecule has 1 saturated heterocycles. The van der Waals surface area contributed by atoms with E-state index in [0.29, 0.717) is 6.54 Å². The zero-order chi connectivity index (χ0) is 10.5. The van der Waals surface area contributed by atoms with Crippen LogP contribution >= 0.6 is 0 Å². The van der Waals surface area contributed by atoms with Crippen LogP contribution in [-0.4, -0.2) is 17.5 Å². The summed E-state index contributed by atoms with van der Waals surface area (Å²) < 4.78 is 0. The predicted molar refractivity (Wildman–Crippen MR) is 53.7 cm³/mol. The topological polar surface area (TPSA) is 49.7 Å². The molecule has 1 aliphatic carbocycles. The summed E-state index contributed by atoms with van der Waals surface area (Å²) in [6.45, 7) is 0.483. The van der Waals surface area contributed by atoms with Crippen molar-refractivity contribution in [2.45, 2.75) is 11.8 Å². The van der Waals surface area contributed by atoms with Gasteiger partial charge in [-0.05, 0) is 17.9 Å². The van der Waals surface area contributed by atoms with Crippen molar-refractivity contribution in [2.75, 3.05) is 6.54 Å². The minimum absolute atomic E-state index is 0.131. The van der Waals surface area contributed by atoms with Crippen LogP contribution in [0.4, 0.5) is 0 Å². The molecule has 4 nitrogen and oxygen atoms in total. The third-order valence-corrected chi connectivity index (χ3v) is 3.50. The zero-order valence-electron chi connectivity index (χ0n) is 8.09. The van der Waals surface area contributed by atoms with Crippen molar-refractivity contribution in [2.24, 2.45) is 11.2 Å². The van der Waals surface area contributed by atoms with Crippen molar-refractivity contribution >= 4 is 5.91 Å². The van der Waals surface area contributed by atoms with E-state index < -0.39 is 5.41 Å². The normalized spacial score (nSPS) is 32.7. The van der Waals surface area contributed by atoms with Gasteiger partial charge in [-0.1, -0.05) is 30.3 Å². The van der Waals surface area contributed by atoms with Gasteiger partial charge in [0.2, 0.25) is 0 Å². The number of amides is 1. The van der Waals surface area contributed by atoms with Gasteiger partial charge < -0.3 is 0 Å². The van der Waals surface area contributed by atoms with Gasteiger partial charge in [-0.2, -0.15) is 5.01 Å². The van der Waals surface area contributed by atoms with Crippen LogP contribution in [0.5, 0.6) is 0 Å². The Balaban J connectivity index is 2.02. The highest BCUT2D eigenvalue weighted by Crippen LogP contribution is 2.59. The van der Waals surface area contributed by atoms with Crippen LogP contribution in [0.1, 0.15) is 12.0 Å². The molecule has 2 fully saturated rings. The molecule has 0 unspecified atom stereocenters. The summed E-state index contributed by atoms with van der Waals surface area (Å²) in [5.41, 5.74) is 0.598. The Morgan fingerprint density at radius 3 is 2.67 bits per heavy atom. The van der Waals surface area contributed by atoms with E-state index >= 15 is 0 Å². The summed E-state index contributed by atoms with van der Waals surface area (Å²) in [4.78, 5) is 22.3. The van der Waals surface area contributed by atoms with Crippen LogP contribution in [-0.2, 0) is 10.2 Å². The predicted octanol–water partition coefficient (Wildman–Crippen LogP) is 1.47. The Morgan fingerprint density at radius 2 is 2.07 bits per heavy atom. The highest BCUT2D eigenvalue weighted by atomic mass is 16.3. The van der Waals surface area contributed by atoms with Crippen molar-refractivity contribution < 1.29 is 4.79 Å². The number of hydrogen-bond acceptors (Lipinski definition) is 3. The minimum atomic E-state index is -0.421. The van der Waals surface area contributed by atoms with Gasteiger partial charge in [0.1, 0.15) is 0 Å². The number of carbonyl (C=O) groups is 1. The maximum atomic E-state index is 11.9. The van der Waals surface area contributed by atoms with Gasteiger partial charge in [0.15, 0.2) is 0 Å². The van der Waals surface area contributed by atoms with Crippen LogP contribution in [0.25, 0.3) is 0 Å². The van der Waals surface area contributed by atoms with Crippen molar-refractivity contribution in [3.8, 4) is 0 Å². The molecule has 4 heteroatoms. The van der Waals surface area contributed by atoms with Gasteiger partial charge >= 0.3 is 0 Å². The van der Waals surface area contributed by atoms with E-state index in [2.05, 4.69) is 5.29 Å². The molecular formula is C11H10N2O2. The quantitative estimate of drug-likeness (QED) is 0.682. The van der Waals surface area contributed by atoms with Crippen LogP contribution in [0.15, 0.2) is 35.6 Å². The average molecular weight is 202 g/mol. The second kappa shape index (κ2) is 2.66. The first-order chi connectivity index (χ1) is 7.29.